The molecule has 2 heterocycles. The summed E-state index contributed by atoms with van der Waals surface area (Å²) in [4.78, 5) is 39.9. The molecule has 0 aromatic heterocycles. The second-order valence-corrected chi connectivity index (χ2v) is 6.68. The zero-order valence-corrected chi connectivity index (χ0v) is 15.2. The summed E-state index contributed by atoms with van der Waals surface area (Å²) in [5.41, 5.74) is 4.78. The molecule has 1 aromatic carbocycles. The maximum absolute atomic E-state index is 13.1. The molecule has 2 fully saturated rings. The lowest BCUT2D eigenvalue weighted by molar-refractivity contribution is -0.138. The predicted molar refractivity (Wildman–Crippen MR) is 95.0 cm³/mol. The normalized spacial score (nSPS) is 25.3. The Balaban J connectivity index is 0.00000243. The van der Waals surface area contributed by atoms with Crippen LogP contribution in [0.25, 0.3) is 0 Å². The standard InChI is InChI=1S/C17H21FN4O3.ClH/c1-17(12-2-4-13(18)5-3-12)15(24)22(16(25)20-17)10-14(23)21-7-6-11(8-19)9-21;/h2-5,11H,6-10,19H2,1H3,(H,20,25);1H. The molecule has 0 saturated carbocycles. The van der Waals surface area contributed by atoms with E-state index in [-0.39, 0.29) is 30.8 Å². The van der Waals surface area contributed by atoms with E-state index in [1.807, 2.05) is 0 Å². The van der Waals surface area contributed by atoms with Gasteiger partial charge in [0.25, 0.3) is 5.91 Å². The Bertz CT molecular complexity index is 714. The number of benzene rings is 1. The van der Waals surface area contributed by atoms with Crippen molar-refractivity contribution in [2.45, 2.75) is 18.9 Å². The maximum atomic E-state index is 13.1. The minimum absolute atomic E-state index is 0. The molecular formula is C17H22ClFN4O3. The molecule has 2 atom stereocenters. The van der Waals surface area contributed by atoms with Gasteiger partial charge in [-0.3, -0.25) is 14.5 Å². The molecule has 0 spiro atoms. The first-order valence-electron chi connectivity index (χ1n) is 8.23. The van der Waals surface area contributed by atoms with Gasteiger partial charge in [-0.05, 0) is 43.5 Å². The van der Waals surface area contributed by atoms with Gasteiger partial charge < -0.3 is 16.0 Å². The van der Waals surface area contributed by atoms with Crippen LogP contribution < -0.4 is 11.1 Å². The van der Waals surface area contributed by atoms with Crippen molar-refractivity contribution in [3.8, 4) is 0 Å². The van der Waals surface area contributed by atoms with Gasteiger partial charge in [0, 0.05) is 13.1 Å². The molecule has 9 heteroatoms. The molecule has 2 unspecified atom stereocenters. The summed E-state index contributed by atoms with van der Waals surface area (Å²) in [6.07, 6.45) is 0.829. The number of carbonyl (C=O) groups excluding carboxylic acids is 3. The number of nitrogens with two attached hydrogens (primary N) is 1. The van der Waals surface area contributed by atoms with Crippen molar-refractivity contribution in [3.05, 3.63) is 35.6 Å². The van der Waals surface area contributed by atoms with Gasteiger partial charge in [0.15, 0.2) is 0 Å². The summed E-state index contributed by atoms with van der Waals surface area (Å²) < 4.78 is 13.1. The van der Waals surface area contributed by atoms with Crippen molar-refractivity contribution >= 4 is 30.3 Å². The SMILES string of the molecule is CC1(c2ccc(F)cc2)NC(=O)N(CC(=O)N2CCC(CN)C2)C1=O.Cl. The highest BCUT2D eigenvalue weighted by Gasteiger charge is 2.49. The van der Waals surface area contributed by atoms with Crippen LogP contribution in [-0.2, 0) is 15.1 Å². The second kappa shape index (κ2) is 7.59. The third kappa shape index (κ3) is 3.52. The lowest BCUT2D eigenvalue weighted by Crippen LogP contribution is -2.44. The summed E-state index contributed by atoms with van der Waals surface area (Å²) >= 11 is 0. The third-order valence-corrected chi connectivity index (χ3v) is 4.96. The Hall–Kier alpha value is -2.19. The average molecular weight is 385 g/mol. The third-order valence-electron chi connectivity index (χ3n) is 4.96. The Morgan fingerprint density at radius 3 is 2.58 bits per heavy atom. The number of amides is 4. The highest BCUT2D eigenvalue weighted by atomic mass is 35.5. The van der Waals surface area contributed by atoms with Gasteiger partial charge in [-0.2, -0.15) is 0 Å². The lowest BCUT2D eigenvalue weighted by atomic mass is 9.92. The van der Waals surface area contributed by atoms with Gasteiger partial charge in [0.2, 0.25) is 5.91 Å². The van der Waals surface area contributed by atoms with Crippen molar-refractivity contribution in [1.29, 1.82) is 0 Å². The zero-order chi connectivity index (χ0) is 18.2. The average Bonchev–Trinajstić information content (AvgIpc) is 3.15. The van der Waals surface area contributed by atoms with Crippen LogP contribution in [0.5, 0.6) is 0 Å². The van der Waals surface area contributed by atoms with Crippen LogP contribution in [0.15, 0.2) is 24.3 Å². The van der Waals surface area contributed by atoms with Gasteiger partial charge in [0.05, 0.1) is 0 Å². The summed E-state index contributed by atoms with van der Waals surface area (Å²) in [5, 5.41) is 2.61. The predicted octanol–water partition coefficient (Wildman–Crippen LogP) is 0.822. The molecule has 142 valence electrons. The monoisotopic (exact) mass is 384 g/mol. The first-order chi connectivity index (χ1) is 11.8. The summed E-state index contributed by atoms with van der Waals surface area (Å²) in [7, 11) is 0. The molecule has 3 N–H and O–H groups in total. The molecule has 26 heavy (non-hydrogen) atoms. The van der Waals surface area contributed by atoms with Crippen LogP contribution in [0.4, 0.5) is 9.18 Å². The van der Waals surface area contributed by atoms with E-state index in [1.165, 1.54) is 24.3 Å². The zero-order valence-electron chi connectivity index (χ0n) is 14.4. The van der Waals surface area contributed by atoms with Crippen molar-refractivity contribution in [1.82, 2.24) is 15.1 Å². The number of rotatable bonds is 4. The number of likely N-dealkylation sites (tertiary alicyclic amines) is 1. The summed E-state index contributed by atoms with van der Waals surface area (Å²) in [5.74, 6) is -0.967. The van der Waals surface area contributed by atoms with Crippen LogP contribution in [0, 0.1) is 11.7 Å². The highest BCUT2D eigenvalue weighted by Crippen LogP contribution is 2.29. The molecule has 2 saturated heterocycles. The fraction of sp³-hybridized carbons (Fsp3) is 0.471. The lowest BCUT2D eigenvalue weighted by Gasteiger charge is -2.23. The van der Waals surface area contributed by atoms with E-state index in [1.54, 1.807) is 11.8 Å². The number of urea groups is 1. The highest BCUT2D eigenvalue weighted by molar-refractivity contribution is 6.09. The van der Waals surface area contributed by atoms with Crippen LogP contribution in [0.2, 0.25) is 0 Å². The number of nitrogens with one attached hydrogen (secondary N) is 1. The Morgan fingerprint density at radius 2 is 2.00 bits per heavy atom. The number of imide groups is 1. The summed E-state index contributed by atoms with van der Waals surface area (Å²) in [6.45, 7) is 2.88. The molecular weight excluding hydrogens is 363 g/mol. The maximum Gasteiger partial charge on any atom is 0.325 e. The smallest absolute Gasteiger partial charge is 0.325 e. The Kier molecular flexibility index (Phi) is 5.87. The number of hydrogen-bond acceptors (Lipinski definition) is 4. The Morgan fingerprint density at radius 1 is 1.35 bits per heavy atom. The van der Waals surface area contributed by atoms with E-state index in [9.17, 15) is 18.8 Å². The summed E-state index contributed by atoms with van der Waals surface area (Å²) in [6, 6.07) is 4.73. The van der Waals surface area contributed by atoms with E-state index in [0.29, 0.717) is 25.2 Å². The molecule has 7 nitrogen and oxygen atoms in total. The van der Waals surface area contributed by atoms with Crippen molar-refractivity contribution < 1.29 is 18.8 Å². The van der Waals surface area contributed by atoms with Gasteiger partial charge in [-0.15, -0.1) is 12.4 Å². The number of hydrogen-bond donors (Lipinski definition) is 2. The molecule has 0 aliphatic carbocycles. The van der Waals surface area contributed by atoms with Crippen molar-refractivity contribution in [2.24, 2.45) is 11.7 Å². The number of halogens is 2. The van der Waals surface area contributed by atoms with Gasteiger partial charge in [-0.1, -0.05) is 12.1 Å². The van der Waals surface area contributed by atoms with E-state index < -0.39 is 23.3 Å². The van der Waals surface area contributed by atoms with E-state index in [0.717, 1.165) is 11.3 Å². The molecule has 3 rings (SSSR count). The van der Waals surface area contributed by atoms with Crippen LogP contribution >= 0.6 is 12.4 Å². The van der Waals surface area contributed by atoms with Crippen LogP contribution in [-0.4, -0.2) is 53.8 Å². The largest absolute Gasteiger partial charge is 0.341 e. The van der Waals surface area contributed by atoms with E-state index in [2.05, 4.69) is 5.32 Å². The van der Waals surface area contributed by atoms with Crippen molar-refractivity contribution in [2.75, 3.05) is 26.2 Å². The molecule has 0 radical (unpaired) electrons. The van der Waals surface area contributed by atoms with Crippen LogP contribution in [0.1, 0.15) is 18.9 Å². The fourth-order valence-electron chi connectivity index (χ4n) is 3.31. The molecule has 2 aliphatic rings. The first kappa shape index (κ1) is 20.1. The van der Waals surface area contributed by atoms with Gasteiger partial charge >= 0.3 is 6.03 Å². The fourth-order valence-corrected chi connectivity index (χ4v) is 3.31. The number of nitrogens with zero attached hydrogens (tertiary/aromatic N) is 2. The molecule has 0 bridgehead atoms. The second-order valence-electron chi connectivity index (χ2n) is 6.68. The quantitative estimate of drug-likeness (QED) is 0.751. The molecule has 1 aromatic rings. The van der Waals surface area contributed by atoms with Crippen LogP contribution in [0.3, 0.4) is 0 Å². The minimum Gasteiger partial charge on any atom is -0.341 e. The van der Waals surface area contributed by atoms with Gasteiger partial charge in [-0.25, -0.2) is 9.18 Å². The first-order valence-corrected chi connectivity index (χ1v) is 8.23. The Labute approximate surface area is 157 Å². The molecule has 4 amide bonds. The van der Waals surface area contributed by atoms with Crippen molar-refractivity contribution in [3.63, 3.8) is 0 Å². The molecule has 2 aliphatic heterocycles. The van der Waals surface area contributed by atoms with Gasteiger partial charge in [0.1, 0.15) is 17.9 Å². The number of carbonyl (C=O) groups is 3. The van der Waals surface area contributed by atoms with E-state index in [4.69, 9.17) is 5.73 Å². The topological polar surface area (TPSA) is 95.7 Å². The van der Waals surface area contributed by atoms with E-state index >= 15 is 0 Å². The minimum atomic E-state index is -1.31.